The third-order valence-electron chi connectivity index (χ3n) is 5.79. The molecule has 170 valence electrons. The fourth-order valence-electron chi connectivity index (χ4n) is 4.01. The molecule has 1 N–H and O–H groups in total. The van der Waals surface area contributed by atoms with Gasteiger partial charge < -0.3 is 19.2 Å². The molecule has 3 heterocycles. The quantitative estimate of drug-likeness (QED) is 0.350. The first-order valence-electron chi connectivity index (χ1n) is 10.6. The van der Waals surface area contributed by atoms with Crippen molar-refractivity contribution in [2.45, 2.75) is 38.8 Å². The highest BCUT2D eigenvalue weighted by Crippen LogP contribution is 2.42. The third kappa shape index (κ3) is 4.14. The highest BCUT2D eigenvalue weighted by molar-refractivity contribution is 6.46. The summed E-state index contributed by atoms with van der Waals surface area (Å²) in [6.07, 6.45) is 4.68. The van der Waals surface area contributed by atoms with Crippen molar-refractivity contribution in [2.24, 2.45) is 0 Å². The Labute approximate surface area is 192 Å². The number of aliphatic hydroxyl groups excluding tert-OH is 1. The number of hydrogen-bond donors (Lipinski definition) is 1. The second kappa shape index (κ2) is 8.58. The summed E-state index contributed by atoms with van der Waals surface area (Å²) in [6.45, 7) is 6.24. The van der Waals surface area contributed by atoms with Gasteiger partial charge >= 0.3 is 0 Å². The molecule has 1 aromatic carbocycles. The van der Waals surface area contributed by atoms with Crippen LogP contribution in [0.2, 0.25) is 0 Å². The molecule has 2 aromatic heterocycles. The van der Waals surface area contributed by atoms with Crippen LogP contribution in [0.5, 0.6) is 5.75 Å². The lowest BCUT2D eigenvalue weighted by Crippen LogP contribution is -2.29. The maximum atomic E-state index is 13.2. The number of aromatic nitrogens is 1. The second-order valence-corrected chi connectivity index (χ2v) is 8.95. The first-order valence-corrected chi connectivity index (χ1v) is 10.6. The molecule has 1 saturated heterocycles. The molecular weight excluding hydrogens is 420 g/mol. The summed E-state index contributed by atoms with van der Waals surface area (Å²) in [5.41, 5.74) is 1.78. The molecule has 1 unspecified atom stereocenters. The normalized spacial score (nSPS) is 18.1. The van der Waals surface area contributed by atoms with E-state index >= 15 is 0 Å². The smallest absolute Gasteiger partial charge is 0.296 e. The number of likely N-dealkylation sites (tertiary alicyclic amines) is 1. The minimum atomic E-state index is -0.805. The van der Waals surface area contributed by atoms with Gasteiger partial charge in [-0.3, -0.25) is 14.6 Å². The first-order chi connectivity index (χ1) is 15.7. The molecular formula is C26H26N2O5. The van der Waals surface area contributed by atoms with E-state index in [4.69, 9.17) is 9.15 Å². The van der Waals surface area contributed by atoms with E-state index in [9.17, 15) is 14.7 Å². The van der Waals surface area contributed by atoms with Crippen LogP contribution in [0.1, 0.15) is 49.3 Å². The van der Waals surface area contributed by atoms with Gasteiger partial charge in [0, 0.05) is 12.4 Å². The van der Waals surface area contributed by atoms with Gasteiger partial charge in [0.25, 0.3) is 11.7 Å². The fourth-order valence-corrected chi connectivity index (χ4v) is 4.01. The predicted octanol–water partition coefficient (Wildman–Crippen LogP) is 4.60. The number of furan rings is 1. The van der Waals surface area contributed by atoms with Gasteiger partial charge in [-0.05, 0) is 52.9 Å². The number of methoxy groups -OCH3 is 1. The van der Waals surface area contributed by atoms with Crippen LogP contribution in [-0.4, -0.2) is 33.8 Å². The molecule has 0 radical (unpaired) electrons. The van der Waals surface area contributed by atoms with E-state index < -0.39 is 17.7 Å². The molecule has 33 heavy (non-hydrogen) atoms. The van der Waals surface area contributed by atoms with Crippen LogP contribution in [0.4, 0.5) is 0 Å². The minimum Gasteiger partial charge on any atom is -0.507 e. The number of amides is 1. The zero-order chi connectivity index (χ0) is 23.8. The number of Topliss-reactive ketones (excluding diaryl/α,β-unsaturated/α-hetero) is 1. The Hall–Kier alpha value is -3.87. The molecule has 1 atom stereocenters. The van der Waals surface area contributed by atoms with E-state index in [1.807, 2.05) is 6.07 Å². The largest absolute Gasteiger partial charge is 0.507 e. The summed E-state index contributed by atoms with van der Waals surface area (Å²) in [7, 11) is 1.50. The lowest BCUT2D eigenvalue weighted by molar-refractivity contribution is -0.140. The van der Waals surface area contributed by atoms with E-state index in [1.54, 1.807) is 48.8 Å². The summed E-state index contributed by atoms with van der Waals surface area (Å²) < 4.78 is 10.9. The summed E-state index contributed by atoms with van der Waals surface area (Å²) in [4.78, 5) is 31.8. The van der Waals surface area contributed by atoms with Crippen molar-refractivity contribution in [1.82, 2.24) is 9.88 Å². The highest BCUT2D eigenvalue weighted by Gasteiger charge is 2.46. The Kier molecular flexibility index (Phi) is 5.80. The van der Waals surface area contributed by atoms with Crippen LogP contribution < -0.4 is 4.74 Å². The molecule has 7 heteroatoms. The number of carbonyl (C=O) groups is 2. The van der Waals surface area contributed by atoms with E-state index in [0.29, 0.717) is 22.6 Å². The number of carbonyl (C=O) groups excluding carboxylic acids is 2. The van der Waals surface area contributed by atoms with Crippen LogP contribution in [0.15, 0.2) is 71.1 Å². The monoisotopic (exact) mass is 446 g/mol. The molecule has 0 spiro atoms. The van der Waals surface area contributed by atoms with E-state index in [2.05, 4.69) is 25.8 Å². The maximum Gasteiger partial charge on any atom is 0.296 e. The van der Waals surface area contributed by atoms with Gasteiger partial charge in [-0.25, -0.2) is 0 Å². The molecule has 4 rings (SSSR count). The maximum absolute atomic E-state index is 13.2. The molecule has 1 aliphatic rings. The van der Waals surface area contributed by atoms with Gasteiger partial charge in [-0.15, -0.1) is 0 Å². The molecule has 7 nitrogen and oxygen atoms in total. The Morgan fingerprint density at radius 3 is 2.48 bits per heavy atom. The summed E-state index contributed by atoms with van der Waals surface area (Å²) in [5.74, 6) is -0.806. The number of rotatable bonds is 5. The van der Waals surface area contributed by atoms with Crippen LogP contribution in [0.25, 0.3) is 5.76 Å². The predicted molar refractivity (Wildman–Crippen MR) is 122 cm³/mol. The lowest BCUT2D eigenvalue weighted by atomic mass is 9.85. The number of aliphatic hydroxyl groups is 1. The highest BCUT2D eigenvalue weighted by atomic mass is 16.5. The molecule has 1 amide bonds. The van der Waals surface area contributed by atoms with E-state index in [-0.39, 0.29) is 23.3 Å². The average Bonchev–Trinajstić information content (AvgIpc) is 3.40. The van der Waals surface area contributed by atoms with Crippen LogP contribution in [-0.2, 0) is 21.5 Å². The number of hydrogen-bond acceptors (Lipinski definition) is 6. The Balaban J connectivity index is 1.92. The van der Waals surface area contributed by atoms with Crippen molar-refractivity contribution in [3.8, 4) is 5.75 Å². The van der Waals surface area contributed by atoms with Gasteiger partial charge in [0.1, 0.15) is 17.3 Å². The average molecular weight is 447 g/mol. The first kappa shape index (κ1) is 22.3. The summed E-state index contributed by atoms with van der Waals surface area (Å²) >= 11 is 0. The van der Waals surface area contributed by atoms with Crippen molar-refractivity contribution in [2.75, 3.05) is 7.11 Å². The third-order valence-corrected chi connectivity index (χ3v) is 5.79. The molecule has 1 aliphatic heterocycles. The van der Waals surface area contributed by atoms with Gasteiger partial charge in [0.15, 0.2) is 0 Å². The number of nitrogens with zero attached hydrogens (tertiary/aromatic N) is 2. The zero-order valence-corrected chi connectivity index (χ0v) is 19.0. The van der Waals surface area contributed by atoms with Gasteiger partial charge in [-0.2, -0.15) is 0 Å². The number of pyridine rings is 1. The molecule has 0 aliphatic carbocycles. The van der Waals surface area contributed by atoms with Gasteiger partial charge in [0.2, 0.25) is 0 Å². The van der Waals surface area contributed by atoms with Crippen molar-refractivity contribution in [3.05, 3.63) is 89.1 Å². The number of benzene rings is 1. The Bertz CT molecular complexity index is 1210. The van der Waals surface area contributed by atoms with Gasteiger partial charge in [-0.1, -0.05) is 26.8 Å². The Morgan fingerprint density at radius 1 is 1.15 bits per heavy atom. The molecule has 0 saturated carbocycles. The standard InChI is InChI=1S/C26H26N2O5/c1-26(2,3)17-7-8-20(32-4)19(14-17)23(29)21-22(16-9-11-27-12-10-16)28(25(31)24(21)30)15-18-6-5-13-33-18/h5-14,22,29H,15H2,1-4H3/b23-21+. The van der Waals surface area contributed by atoms with Crippen LogP contribution in [0, 0.1) is 0 Å². The lowest BCUT2D eigenvalue weighted by Gasteiger charge is -2.25. The number of ketones is 1. The topological polar surface area (TPSA) is 92.9 Å². The zero-order valence-electron chi connectivity index (χ0n) is 19.0. The van der Waals surface area contributed by atoms with E-state index in [1.165, 1.54) is 18.3 Å². The summed E-state index contributed by atoms with van der Waals surface area (Å²) in [5, 5.41) is 11.4. The fraction of sp³-hybridized carbons (Fsp3) is 0.269. The minimum absolute atomic E-state index is 0.00196. The van der Waals surface area contributed by atoms with E-state index in [0.717, 1.165) is 5.56 Å². The SMILES string of the molecule is COc1ccc(C(C)(C)C)cc1/C(O)=C1\C(=O)C(=O)N(Cc2ccco2)C1c1ccncc1. The van der Waals surface area contributed by atoms with Crippen molar-refractivity contribution < 1.29 is 23.8 Å². The van der Waals surface area contributed by atoms with Crippen molar-refractivity contribution >= 4 is 17.4 Å². The molecule has 0 bridgehead atoms. The van der Waals surface area contributed by atoms with Crippen LogP contribution in [0.3, 0.4) is 0 Å². The second-order valence-electron chi connectivity index (χ2n) is 8.95. The molecule has 1 fully saturated rings. The van der Waals surface area contributed by atoms with Crippen molar-refractivity contribution in [1.29, 1.82) is 0 Å². The van der Waals surface area contributed by atoms with Crippen LogP contribution >= 0.6 is 0 Å². The molecule has 3 aromatic rings. The Morgan fingerprint density at radius 2 is 1.88 bits per heavy atom. The number of ether oxygens (including phenoxy) is 1. The summed E-state index contributed by atoms with van der Waals surface area (Å²) in [6, 6.07) is 11.6. The van der Waals surface area contributed by atoms with Crippen molar-refractivity contribution in [3.63, 3.8) is 0 Å². The van der Waals surface area contributed by atoms with Gasteiger partial charge in [0.05, 0.1) is 37.1 Å².